The van der Waals surface area contributed by atoms with E-state index < -0.39 is 0 Å². The summed E-state index contributed by atoms with van der Waals surface area (Å²) >= 11 is 1.38. The lowest BCUT2D eigenvalue weighted by Gasteiger charge is -2.12. The fourth-order valence-corrected chi connectivity index (χ4v) is 4.70. The second-order valence-electron chi connectivity index (χ2n) is 8.12. The number of aryl methyl sites for hydroxylation is 3. The Morgan fingerprint density at radius 3 is 2.74 bits per heavy atom. The van der Waals surface area contributed by atoms with Crippen LogP contribution in [0.3, 0.4) is 0 Å². The summed E-state index contributed by atoms with van der Waals surface area (Å²) in [6.07, 6.45) is 0. The van der Waals surface area contributed by atoms with E-state index in [1.54, 1.807) is 18.2 Å². The van der Waals surface area contributed by atoms with Gasteiger partial charge in [0.2, 0.25) is 0 Å². The molecule has 0 aliphatic carbocycles. The summed E-state index contributed by atoms with van der Waals surface area (Å²) < 4.78 is 16.6. The molecule has 35 heavy (non-hydrogen) atoms. The number of aromatic nitrogens is 3. The van der Waals surface area contributed by atoms with E-state index in [2.05, 4.69) is 26.5 Å². The van der Waals surface area contributed by atoms with E-state index >= 15 is 0 Å². The van der Waals surface area contributed by atoms with Gasteiger partial charge in [-0.1, -0.05) is 23.4 Å². The van der Waals surface area contributed by atoms with Gasteiger partial charge in [0.15, 0.2) is 16.6 Å². The Bertz CT molecular complexity index is 1510. The largest absolute Gasteiger partial charge is 0.493 e. The van der Waals surface area contributed by atoms with Crippen LogP contribution in [0.4, 0.5) is 5.13 Å². The lowest BCUT2D eigenvalue weighted by molar-refractivity contribution is 0.102. The number of methoxy groups -OCH3 is 1. The lowest BCUT2D eigenvalue weighted by Crippen LogP contribution is -2.12. The van der Waals surface area contributed by atoms with Gasteiger partial charge >= 0.3 is 0 Å². The first-order valence-electron chi connectivity index (χ1n) is 11.0. The number of carbonyl (C=O) groups excluding carboxylic acids is 1. The number of aromatic amines is 1. The van der Waals surface area contributed by atoms with Gasteiger partial charge in [-0.15, -0.1) is 11.3 Å². The van der Waals surface area contributed by atoms with Gasteiger partial charge < -0.3 is 19.0 Å². The molecule has 1 amide bonds. The van der Waals surface area contributed by atoms with E-state index in [1.165, 1.54) is 18.4 Å². The molecule has 0 aliphatic rings. The van der Waals surface area contributed by atoms with Crippen molar-refractivity contribution in [3.8, 4) is 22.8 Å². The summed E-state index contributed by atoms with van der Waals surface area (Å²) in [6, 6.07) is 13.2. The number of ether oxygens (including phenoxy) is 2. The molecule has 0 fully saturated rings. The minimum absolute atomic E-state index is 0.280. The smallest absolute Gasteiger partial charge is 0.257 e. The highest BCUT2D eigenvalue weighted by molar-refractivity contribution is 7.14. The SMILES string of the molecule is COc1cc(C(=O)Nc2nc(-c3c(C)[nH]c4ccccc34)cs2)ccc1OCc1c(C)noc1C. The van der Waals surface area contributed by atoms with E-state index in [-0.39, 0.29) is 12.5 Å². The monoisotopic (exact) mass is 488 g/mol. The summed E-state index contributed by atoms with van der Waals surface area (Å²) in [5, 5.41) is 10.4. The topological polar surface area (TPSA) is 102 Å². The molecule has 0 atom stereocenters. The molecule has 0 saturated heterocycles. The second kappa shape index (κ2) is 9.27. The third-order valence-corrected chi connectivity index (χ3v) is 6.61. The van der Waals surface area contributed by atoms with Crippen LogP contribution in [0.15, 0.2) is 52.4 Å². The number of H-pyrrole nitrogens is 1. The van der Waals surface area contributed by atoms with Crippen molar-refractivity contribution in [3.63, 3.8) is 0 Å². The standard InChI is InChI=1S/C26H24N4O4S/c1-14-19(16(3)34-30-14)12-33-22-10-9-17(11-23(22)32-4)25(31)29-26-28-21(13-35-26)24-15(2)27-20-8-6-5-7-18(20)24/h5-11,13,27H,12H2,1-4H3,(H,28,29,31). The number of thiazole rings is 1. The Hall–Kier alpha value is -4.11. The zero-order valence-corrected chi connectivity index (χ0v) is 20.6. The molecule has 3 aromatic heterocycles. The highest BCUT2D eigenvalue weighted by Gasteiger charge is 2.17. The number of nitrogens with one attached hydrogen (secondary N) is 2. The molecule has 9 heteroatoms. The van der Waals surface area contributed by atoms with Gasteiger partial charge in [-0.3, -0.25) is 10.1 Å². The average molecular weight is 489 g/mol. The molecule has 0 saturated carbocycles. The molecule has 8 nitrogen and oxygen atoms in total. The molecular weight excluding hydrogens is 464 g/mol. The minimum Gasteiger partial charge on any atom is -0.493 e. The molecule has 0 aliphatic heterocycles. The summed E-state index contributed by atoms with van der Waals surface area (Å²) in [6.45, 7) is 6.02. The highest BCUT2D eigenvalue weighted by atomic mass is 32.1. The number of para-hydroxylation sites is 1. The van der Waals surface area contributed by atoms with Crippen molar-refractivity contribution in [2.45, 2.75) is 27.4 Å². The van der Waals surface area contributed by atoms with Crippen molar-refractivity contribution in [1.29, 1.82) is 0 Å². The van der Waals surface area contributed by atoms with Crippen LogP contribution in [0.5, 0.6) is 11.5 Å². The van der Waals surface area contributed by atoms with Crippen molar-refractivity contribution in [2.24, 2.45) is 0 Å². The third kappa shape index (κ3) is 4.38. The van der Waals surface area contributed by atoms with Crippen LogP contribution in [-0.2, 0) is 6.61 Å². The maximum absolute atomic E-state index is 12.9. The van der Waals surface area contributed by atoms with Crippen LogP contribution in [0.1, 0.15) is 33.1 Å². The summed E-state index contributed by atoms with van der Waals surface area (Å²) in [5.74, 6) is 1.41. The fourth-order valence-electron chi connectivity index (χ4n) is 4.01. The van der Waals surface area contributed by atoms with Crippen LogP contribution < -0.4 is 14.8 Å². The van der Waals surface area contributed by atoms with Crippen molar-refractivity contribution in [2.75, 3.05) is 12.4 Å². The third-order valence-electron chi connectivity index (χ3n) is 5.85. The Labute approximate surface area is 205 Å². The molecule has 5 aromatic rings. The van der Waals surface area contributed by atoms with Crippen molar-refractivity contribution < 1.29 is 18.8 Å². The van der Waals surface area contributed by atoms with Gasteiger partial charge in [-0.2, -0.15) is 0 Å². The van der Waals surface area contributed by atoms with Crippen LogP contribution in [0.25, 0.3) is 22.2 Å². The summed E-state index contributed by atoms with van der Waals surface area (Å²) in [5.41, 5.74) is 6.06. The number of hydrogen-bond donors (Lipinski definition) is 2. The Balaban J connectivity index is 1.32. The predicted molar refractivity (Wildman–Crippen MR) is 135 cm³/mol. The predicted octanol–water partition coefficient (Wildman–Crippen LogP) is 6.04. The van der Waals surface area contributed by atoms with Crippen molar-refractivity contribution >= 4 is 33.3 Å². The van der Waals surface area contributed by atoms with E-state index in [4.69, 9.17) is 14.0 Å². The molecular formula is C26H24N4O4S. The van der Waals surface area contributed by atoms with E-state index in [0.717, 1.165) is 39.1 Å². The zero-order chi connectivity index (χ0) is 24.5. The van der Waals surface area contributed by atoms with Gasteiger partial charge in [0, 0.05) is 33.1 Å². The Kier molecular flexibility index (Phi) is 6.00. The molecule has 178 valence electrons. The molecule has 0 bridgehead atoms. The Morgan fingerprint density at radius 2 is 1.97 bits per heavy atom. The molecule has 5 rings (SSSR count). The lowest BCUT2D eigenvalue weighted by atomic mass is 10.1. The van der Waals surface area contributed by atoms with Gasteiger partial charge in [-0.25, -0.2) is 4.98 Å². The number of fused-ring (bicyclic) bond motifs is 1. The highest BCUT2D eigenvalue weighted by Crippen LogP contribution is 2.34. The van der Waals surface area contributed by atoms with Gasteiger partial charge in [0.25, 0.3) is 5.91 Å². The average Bonchev–Trinajstić information content (AvgIpc) is 3.54. The first kappa shape index (κ1) is 22.7. The molecule has 0 radical (unpaired) electrons. The summed E-state index contributed by atoms with van der Waals surface area (Å²) in [4.78, 5) is 21.0. The minimum atomic E-state index is -0.280. The number of carbonyl (C=O) groups is 1. The number of nitrogens with zero attached hydrogens (tertiary/aromatic N) is 2. The van der Waals surface area contributed by atoms with Crippen LogP contribution in [0, 0.1) is 20.8 Å². The molecule has 0 spiro atoms. The van der Waals surface area contributed by atoms with E-state index in [1.807, 2.05) is 44.4 Å². The van der Waals surface area contributed by atoms with Gasteiger partial charge in [-0.05, 0) is 45.0 Å². The number of hydrogen-bond acceptors (Lipinski definition) is 7. The number of anilines is 1. The maximum Gasteiger partial charge on any atom is 0.257 e. The number of amides is 1. The van der Waals surface area contributed by atoms with E-state index in [9.17, 15) is 4.79 Å². The maximum atomic E-state index is 12.9. The molecule has 3 heterocycles. The second-order valence-corrected chi connectivity index (χ2v) is 8.98. The van der Waals surface area contributed by atoms with Crippen LogP contribution in [0.2, 0.25) is 0 Å². The van der Waals surface area contributed by atoms with Gasteiger partial charge in [0.05, 0.1) is 24.1 Å². The van der Waals surface area contributed by atoms with Gasteiger partial charge in [0.1, 0.15) is 12.4 Å². The Morgan fingerprint density at radius 1 is 1.14 bits per heavy atom. The fraction of sp³-hybridized carbons (Fsp3) is 0.192. The van der Waals surface area contributed by atoms with Crippen LogP contribution >= 0.6 is 11.3 Å². The quantitative estimate of drug-likeness (QED) is 0.289. The molecule has 2 aromatic carbocycles. The molecule has 2 N–H and O–H groups in total. The first-order chi connectivity index (χ1) is 16.9. The first-order valence-corrected chi connectivity index (χ1v) is 11.9. The molecule has 0 unspecified atom stereocenters. The number of benzene rings is 2. The number of rotatable bonds is 7. The van der Waals surface area contributed by atoms with Crippen molar-refractivity contribution in [1.82, 2.24) is 15.1 Å². The van der Waals surface area contributed by atoms with Crippen molar-refractivity contribution in [3.05, 3.63) is 76.1 Å². The normalized spacial score (nSPS) is 11.1. The summed E-state index contributed by atoms with van der Waals surface area (Å²) in [7, 11) is 1.54. The van der Waals surface area contributed by atoms with Crippen LogP contribution in [-0.4, -0.2) is 28.1 Å². The zero-order valence-electron chi connectivity index (χ0n) is 19.8. The van der Waals surface area contributed by atoms with E-state index in [0.29, 0.717) is 28.0 Å².